The van der Waals surface area contributed by atoms with Crippen molar-refractivity contribution in [3.63, 3.8) is 0 Å². The number of rotatable bonds is 3. The lowest BCUT2D eigenvalue weighted by atomic mass is 9.79. The molecule has 2 aliphatic rings. The minimum Gasteiger partial charge on any atom is -0.340 e. The van der Waals surface area contributed by atoms with E-state index in [2.05, 4.69) is 36.9 Å². The predicted molar refractivity (Wildman–Crippen MR) is 90.0 cm³/mol. The van der Waals surface area contributed by atoms with Crippen LogP contribution in [0, 0.1) is 5.41 Å². The number of aromatic nitrogens is 3. The van der Waals surface area contributed by atoms with Crippen LogP contribution in [0.3, 0.4) is 0 Å². The largest absolute Gasteiger partial charge is 0.340 e. The standard InChI is InChI=1S/C18H23N5/c1-2-8-19-16(5-1)13-22-12-7-18(14-22)6-3-11-23(15-18)17-20-9-4-10-21-17/h1-2,4-5,8-10H,3,6-7,11-15H2/t18-/m0/s1. The Hall–Kier alpha value is -2.01. The minimum absolute atomic E-state index is 0.395. The second-order valence-electron chi connectivity index (χ2n) is 6.86. The van der Waals surface area contributed by atoms with Crippen LogP contribution < -0.4 is 4.90 Å². The molecular weight excluding hydrogens is 286 g/mol. The van der Waals surface area contributed by atoms with Crippen LogP contribution in [0.2, 0.25) is 0 Å². The van der Waals surface area contributed by atoms with E-state index in [9.17, 15) is 0 Å². The van der Waals surface area contributed by atoms with Crippen molar-refractivity contribution in [3.05, 3.63) is 48.5 Å². The summed E-state index contributed by atoms with van der Waals surface area (Å²) in [6, 6.07) is 8.06. The molecule has 120 valence electrons. The molecule has 2 saturated heterocycles. The summed E-state index contributed by atoms with van der Waals surface area (Å²) in [7, 11) is 0. The van der Waals surface area contributed by atoms with Gasteiger partial charge in [0.1, 0.15) is 0 Å². The van der Waals surface area contributed by atoms with Crippen molar-refractivity contribution in [2.24, 2.45) is 5.41 Å². The summed E-state index contributed by atoms with van der Waals surface area (Å²) in [5.41, 5.74) is 1.57. The van der Waals surface area contributed by atoms with Gasteiger partial charge in [0.25, 0.3) is 0 Å². The summed E-state index contributed by atoms with van der Waals surface area (Å²) in [5.74, 6) is 0.884. The Kier molecular flexibility index (Phi) is 3.95. The van der Waals surface area contributed by atoms with Gasteiger partial charge in [-0.05, 0) is 44.0 Å². The fourth-order valence-corrected chi connectivity index (χ4v) is 4.05. The molecule has 2 aromatic rings. The highest BCUT2D eigenvalue weighted by molar-refractivity contribution is 5.30. The van der Waals surface area contributed by atoms with Crippen molar-refractivity contribution < 1.29 is 0 Å². The molecule has 0 aromatic carbocycles. The molecule has 0 saturated carbocycles. The lowest BCUT2D eigenvalue weighted by Gasteiger charge is -2.40. The maximum atomic E-state index is 4.47. The lowest BCUT2D eigenvalue weighted by molar-refractivity contribution is 0.214. The molecule has 2 aliphatic heterocycles. The number of likely N-dealkylation sites (tertiary alicyclic amines) is 1. The molecule has 0 amide bonds. The normalized spacial score (nSPS) is 25.1. The first-order valence-corrected chi connectivity index (χ1v) is 8.47. The molecular formula is C18H23N5. The summed E-state index contributed by atoms with van der Waals surface area (Å²) < 4.78 is 0. The zero-order valence-electron chi connectivity index (χ0n) is 13.4. The quantitative estimate of drug-likeness (QED) is 0.871. The Balaban J connectivity index is 1.43. The Morgan fingerprint density at radius 2 is 1.78 bits per heavy atom. The van der Waals surface area contributed by atoms with Crippen molar-refractivity contribution in [2.75, 3.05) is 31.1 Å². The Morgan fingerprint density at radius 3 is 2.61 bits per heavy atom. The molecule has 0 aliphatic carbocycles. The predicted octanol–water partition coefficient (Wildman–Crippen LogP) is 2.36. The number of piperidine rings is 1. The highest BCUT2D eigenvalue weighted by Crippen LogP contribution is 2.40. The van der Waals surface area contributed by atoms with Crippen molar-refractivity contribution in [3.8, 4) is 0 Å². The van der Waals surface area contributed by atoms with Gasteiger partial charge in [-0.15, -0.1) is 0 Å². The van der Waals surface area contributed by atoms with E-state index in [1.54, 1.807) is 0 Å². The second-order valence-corrected chi connectivity index (χ2v) is 6.86. The number of anilines is 1. The van der Waals surface area contributed by atoms with E-state index in [1.165, 1.54) is 31.5 Å². The van der Waals surface area contributed by atoms with Gasteiger partial charge in [0.15, 0.2) is 0 Å². The summed E-state index contributed by atoms with van der Waals surface area (Å²) >= 11 is 0. The number of hydrogen-bond donors (Lipinski definition) is 0. The fraction of sp³-hybridized carbons (Fsp3) is 0.500. The van der Waals surface area contributed by atoms with E-state index >= 15 is 0 Å². The van der Waals surface area contributed by atoms with Crippen LogP contribution in [-0.4, -0.2) is 46.0 Å². The average molecular weight is 309 g/mol. The van der Waals surface area contributed by atoms with Gasteiger partial charge in [-0.1, -0.05) is 6.07 Å². The van der Waals surface area contributed by atoms with Gasteiger partial charge in [0, 0.05) is 50.2 Å². The lowest BCUT2D eigenvalue weighted by Crippen LogP contribution is -2.45. The molecule has 2 aromatic heterocycles. The monoisotopic (exact) mass is 309 g/mol. The molecule has 0 bridgehead atoms. The van der Waals surface area contributed by atoms with Crippen LogP contribution in [0.15, 0.2) is 42.9 Å². The molecule has 5 nitrogen and oxygen atoms in total. The zero-order valence-corrected chi connectivity index (χ0v) is 13.4. The summed E-state index contributed by atoms with van der Waals surface area (Å²) in [5, 5.41) is 0. The summed E-state index contributed by atoms with van der Waals surface area (Å²) in [6.45, 7) is 5.44. The van der Waals surface area contributed by atoms with E-state index in [-0.39, 0.29) is 0 Å². The third-order valence-corrected chi connectivity index (χ3v) is 5.13. The Labute approximate surface area is 137 Å². The van der Waals surface area contributed by atoms with Crippen molar-refractivity contribution in [1.29, 1.82) is 0 Å². The average Bonchev–Trinajstić information content (AvgIpc) is 2.98. The fourth-order valence-electron chi connectivity index (χ4n) is 4.05. The molecule has 4 rings (SSSR count). The van der Waals surface area contributed by atoms with Crippen molar-refractivity contribution >= 4 is 5.95 Å². The minimum atomic E-state index is 0.395. The highest BCUT2D eigenvalue weighted by atomic mass is 15.3. The van der Waals surface area contributed by atoms with Crippen LogP contribution in [-0.2, 0) is 6.54 Å². The number of pyridine rings is 1. The van der Waals surface area contributed by atoms with Gasteiger partial charge < -0.3 is 4.90 Å². The second kappa shape index (κ2) is 6.24. The first-order chi connectivity index (χ1) is 11.3. The smallest absolute Gasteiger partial charge is 0.225 e. The van der Waals surface area contributed by atoms with E-state index in [0.29, 0.717) is 5.41 Å². The topological polar surface area (TPSA) is 45.2 Å². The van der Waals surface area contributed by atoms with E-state index in [4.69, 9.17) is 0 Å². The maximum absolute atomic E-state index is 4.47. The molecule has 0 unspecified atom stereocenters. The molecule has 0 N–H and O–H groups in total. The van der Waals surface area contributed by atoms with Crippen LogP contribution in [0.5, 0.6) is 0 Å². The summed E-state index contributed by atoms with van der Waals surface area (Å²) in [4.78, 5) is 18.3. The molecule has 4 heterocycles. The Bertz CT molecular complexity index is 632. The number of hydrogen-bond acceptors (Lipinski definition) is 5. The first kappa shape index (κ1) is 14.6. The van der Waals surface area contributed by atoms with Crippen molar-refractivity contribution in [1.82, 2.24) is 19.9 Å². The first-order valence-electron chi connectivity index (χ1n) is 8.47. The van der Waals surface area contributed by atoms with E-state index < -0.39 is 0 Å². The molecule has 2 fully saturated rings. The van der Waals surface area contributed by atoms with Gasteiger partial charge in [0.2, 0.25) is 5.95 Å². The van der Waals surface area contributed by atoms with Gasteiger partial charge >= 0.3 is 0 Å². The third-order valence-electron chi connectivity index (χ3n) is 5.13. The van der Waals surface area contributed by atoms with Crippen LogP contribution in [0.1, 0.15) is 25.0 Å². The van der Waals surface area contributed by atoms with Gasteiger partial charge in [-0.3, -0.25) is 9.88 Å². The summed E-state index contributed by atoms with van der Waals surface area (Å²) in [6.07, 6.45) is 9.38. The highest BCUT2D eigenvalue weighted by Gasteiger charge is 2.41. The molecule has 1 spiro atoms. The van der Waals surface area contributed by atoms with Gasteiger partial charge in [-0.2, -0.15) is 0 Å². The third kappa shape index (κ3) is 3.20. The van der Waals surface area contributed by atoms with E-state index in [1.807, 2.05) is 30.7 Å². The maximum Gasteiger partial charge on any atom is 0.225 e. The van der Waals surface area contributed by atoms with Gasteiger partial charge in [-0.25, -0.2) is 9.97 Å². The van der Waals surface area contributed by atoms with Crippen molar-refractivity contribution in [2.45, 2.75) is 25.8 Å². The molecule has 5 heteroatoms. The van der Waals surface area contributed by atoms with Gasteiger partial charge in [0.05, 0.1) is 5.69 Å². The zero-order chi connectivity index (χ0) is 15.5. The molecule has 23 heavy (non-hydrogen) atoms. The van der Waals surface area contributed by atoms with Crippen LogP contribution in [0.25, 0.3) is 0 Å². The molecule has 1 atom stereocenters. The number of nitrogens with zero attached hydrogens (tertiary/aromatic N) is 5. The molecule has 0 radical (unpaired) electrons. The van der Waals surface area contributed by atoms with Crippen LogP contribution >= 0.6 is 0 Å². The SMILES string of the molecule is c1ccc(CN2CC[C@@]3(CCCN(c4ncccn4)C3)C2)nc1. The Morgan fingerprint density at radius 1 is 0.913 bits per heavy atom. The van der Waals surface area contributed by atoms with E-state index in [0.717, 1.165) is 32.1 Å². The van der Waals surface area contributed by atoms with Crippen LogP contribution in [0.4, 0.5) is 5.95 Å².